The van der Waals surface area contributed by atoms with Crippen LogP contribution in [0.1, 0.15) is 17.3 Å². The monoisotopic (exact) mass is 193 g/mol. The molecule has 4 nitrogen and oxygen atoms in total. The zero-order valence-corrected chi connectivity index (χ0v) is 7.60. The molecule has 4 heteroatoms. The Morgan fingerprint density at radius 3 is 2.43 bits per heavy atom. The fraction of sp³-hybridized carbons (Fsp3) is 0.200. The quantitative estimate of drug-likeness (QED) is 0.632. The molecule has 0 N–H and O–H groups in total. The summed E-state index contributed by atoms with van der Waals surface area (Å²) >= 11 is 0. The summed E-state index contributed by atoms with van der Waals surface area (Å²) in [5, 5.41) is 10.3. The highest BCUT2D eigenvalue weighted by Gasteiger charge is 2.03. The lowest BCUT2D eigenvalue weighted by molar-refractivity contribution is -0.312. The highest BCUT2D eigenvalue weighted by molar-refractivity contribution is 5.75. The average molecular weight is 193 g/mol. The van der Waals surface area contributed by atoms with Crippen LogP contribution in [-0.4, -0.2) is 18.4 Å². The van der Waals surface area contributed by atoms with E-state index in [0.717, 1.165) is 0 Å². The van der Waals surface area contributed by atoms with E-state index in [4.69, 9.17) is 4.74 Å². The smallest absolute Gasteiger partial charge is 0.150 e. The topological polar surface area (TPSA) is 66.4 Å². The van der Waals surface area contributed by atoms with Gasteiger partial charge in [-0.2, -0.15) is 0 Å². The summed E-state index contributed by atoms with van der Waals surface area (Å²) in [6, 6.07) is 6.15. The van der Waals surface area contributed by atoms with Gasteiger partial charge in [-0.15, -0.1) is 0 Å². The van der Waals surface area contributed by atoms with Gasteiger partial charge in [-0.05, 0) is 31.2 Å². The molecule has 0 fully saturated rings. The number of carbonyl (C=O) groups is 2. The summed E-state index contributed by atoms with van der Waals surface area (Å²) in [6.07, 6.45) is -0.302. The van der Waals surface area contributed by atoms with E-state index in [1.165, 1.54) is 19.1 Å². The molecule has 0 aromatic heterocycles. The first-order valence-electron chi connectivity index (χ1n) is 4.06. The molecule has 0 spiro atoms. The molecule has 0 bridgehead atoms. The van der Waals surface area contributed by atoms with E-state index in [1.54, 1.807) is 12.1 Å². The van der Waals surface area contributed by atoms with E-state index in [0.29, 0.717) is 17.6 Å². The maximum Gasteiger partial charge on any atom is 0.150 e. The van der Waals surface area contributed by atoms with Gasteiger partial charge in [-0.25, -0.2) is 0 Å². The molecule has 1 atom stereocenters. The fourth-order valence-electron chi connectivity index (χ4n) is 0.877. The summed E-state index contributed by atoms with van der Waals surface area (Å²) in [4.78, 5) is 20.6. The van der Waals surface area contributed by atoms with Crippen LogP contribution in [0.5, 0.6) is 5.75 Å². The van der Waals surface area contributed by atoms with Gasteiger partial charge in [-0.1, -0.05) is 0 Å². The van der Waals surface area contributed by atoms with E-state index < -0.39 is 12.1 Å². The molecular weight excluding hydrogens is 184 g/mol. The van der Waals surface area contributed by atoms with Gasteiger partial charge in [0.05, 0.1) is 5.97 Å². The zero-order valence-electron chi connectivity index (χ0n) is 7.60. The lowest BCUT2D eigenvalue weighted by Crippen LogP contribution is -2.37. The van der Waals surface area contributed by atoms with Crippen LogP contribution < -0.4 is 9.84 Å². The number of carbonyl (C=O) groups excluding carboxylic acids is 2. The first-order chi connectivity index (χ1) is 6.63. The third-order valence-electron chi connectivity index (χ3n) is 1.66. The number of hydrogen-bond donors (Lipinski definition) is 0. The van der Waals surface area contributed by atoms with Gasteiger partial charge in [0.25, 0.3) is 0 Å². The van der Waals surface area contributed by atoms with Crippen LogP contribution in [0, 0.1) is 0 Å². The fourth-order valence-corrected chi connectivity index (χ4v) is 0.877. The standard InChI is InChI=1S/C10H10O4/c1-7(10(12)13)14-9-4-2-8(6-11)3-5-9/h2-7H,1H3,(H,12,13)/p-1/t7-/m0/s1. The minimum absolute atomic E-state index is 0.396. The molecule has 0 amide bonds. The van der Waals surface area contributed by atoms with Crippen molar-refractivity contribution in [3.05, 3.63) is 29.8 Å². The number of hydrogen-bond acceptors (Lipinski definition) is 4. The summed E-state index contributed by atoms with van der Waals surface area (Å²) < 4.78 is 5.00. The average Bonchev–Trinajstić information content (AvgIpc) is 2.19. The normalized spacial score (nSPS) is 11.8. The Kier molecular flexibility index (Phi) is 3.23. The molecule has 0 heterocycles. The Balaban J connectivity index is 2.68. The van der Waals surface area contributed by atoms with Gasteiger partial charge in [0, 0.05) is 5.56 Å². The predicted octanol–water partition coefficient (Wildman–Crippen LogP) is 0.0163. The van der Waals surface area contributed by atoms with E-state index in [2.05, 4.69) is 0 Å². The second-order valence-electron chi connectivity index (χ2n) is 2.77. The number of carboxylic acid groups (broad SMARTS) is 1. The molecule has 0 radical (unpaired) electrons. The number of aliphatic carboxylic acids is 1. The van der Waals surface area contributed by atoms with Gasteiger partial charge in [0.2, 0.25) is 0 Å². The number of rotatable bonds is 4. The minimum Gasteiger partial charge on any atom is -0.546 e. The third kappa shape index (κ3) is 2.58. The van der Waals surface area contributed by atoms with Crippen molar-refractivity contribution in [1.29, 1.82) is 0 Å². The first kappa shape index (κ1) is 10.2. The van der Waals surface area contributed by atoms with Crippen LogP contribution in [0.15, 0.2) is 24.3 Å². The van der Waals surface area contributed by atoms with Crippen molar-refractivity contribution < 1.29 is 19.4 Å². The number of carboxylic acids is 1. The third-order valence-corrected chi connectivity index (χ3v) is 1.66. The second kappa shape index (κ2) is 4.41. The molecule has 0 aliphatic heterocycles. The van der Waals surface area contributed by atoms with Crippen molar-refractivity contribution in [2.24, 2.45) is 0 Å². The second-order valence-corrected chi connectivity index (χ2v) is 2.77. The van der Waals surface area contributed by atoms with Crippen molar-refractivity contribution >= 4 is 12.3 Å². The van der Waals surface area contributed by atoms with Crippen molar-refractivity contribution in [2.75, 3.05) is 0 Å². The molecule has 0 unspecified atom stereocenters. The molecule has 14 heavy (non-hydrogen) atoms. The Labute approximate surface area is 81.1 Å². The Hall–Kier alpha value is -1.84. The summed E-state index contributed by atoms with van der Waals surface area (Å²) in [7, 11) is 0. The van der Waals surface area contributed by atoms with Crippen molar-refractivity contribution in [3.8, 4) is 5.75 Å². The van der Waals surface area contributed by atoms with Crippen molar-refractivity contribution in [3.63, 3.8) is 0 Å². The molecular formula is C10H9O4-. The molecule has 1 aromatic rings. The predicted molar refractivity (Wildman–Crippen MR) is 46.9 cm³/mol. The molecule has 0 saturated carbocycles. The van der Waals surface area contributed by atoms with Gasteiger partial charge in [-0.3, -0.25) is 4.79 Å². The summed E-state index contributed by atoms with van der Waals surface area (Å²) in [6.45, 7) is 1.38. The SMILES string of the molecule is C[C@H](Oc1ccc(C=O)cc1)C(=O)[O-]. The van der Waals surface area contributed by atoms with Gasteiger partial charge in [0.15, 0.2) is 0 Å². The molecule has 0 aliphatic rings. The highest BCUT2D eigenvalue weighted by atomic mass is 16.5. The van der Waals surface area contributed by atoms with Gasteiger partial charge in [0.1, 0.15) is 18.1 Å². The summed E-state index contributed by atoms with van der Waals surface area (Å²) in [5.74, 6) is -0.878. The molecule has 74 valence electrons. The Bertz CT molecular complexity index is 328. The Morgan fingerprint density at radius 1 is 1.43 bits per heavy atom. The lowest BCUT2D eigenvalue weighted by atomic mass is 10.2. The van der Waals surface area contributed by atoms with E-state index in [9.17, 15) is 14.7 Å². The maximum absolute atomic E-state index is 10.3. The van der Waals surface area contributed by atoms with Crippen LogP contribution in [0.25, 0.3) is 0 Å². The van der Waals surface area contributed by atoms with Gasteiger partial charge >= 0.3 is 0 Å². The highest BCUT2D eigenvalue weighted by Crippen LogP contribution is 2.12. The van der Waals surface area contributed by atoms with Crippen LogP contribution in [0.2, 0.25) is 0 Å². The minimum atomic E-state index is -1.27. The number of aldehydes is 1. The number of ether oxygens (including phenoxy) is 1. The lowest BCUT2D eigenvalue weighted by Gasteiger charge is -2.14. The van der Waals surface area contributed by atoms with Crippen molar-refractivity contribution in [1.82, 2.24) is 0 Å². The van der Waals surface area contributed by atoms with Crippen LogP contribution >= 0.6 is 0 Å². The molecule has 1 aromatic carbocycles. The largest absolute Gasteiger partial charge is 0.546 e. The molecule has 0 aliphatic carbocycles. The van der Waals surface area contributed by atoms with Gasteiger partial charge < -0.3 is 14.6 Å². The van der Waals surface area contributed by atoms with Crippen LogP contribution in [-0.2, 0) is 4.79 Å². The zero-order chi connectivity index (χ0) is 10.6. The Morgan fingerprint density at radius 2 is 2.00 bits per heavy atom. The van der Waals surface area contributed by atoms with Crippen molar-refractivity contribution in [2.45, 2.75) is 13.0 Å². The first-order valence-corrected chi connectivity index (χ1v) is 4.06. The van der Waals surface area contributed by atoms with E-state index in [1.807, 2.05) is 0 Å². The van der Waals surface area contributed by atoms with Crippen LogP contribution in [0.3, 0.4) is 0 Å². The number of benzene rings is 1. The van der Waals surface area contributed by atoms with Crippen LogP contribution in [0.4, 0.5) is 0 Å². The maximum atomic E-state index is 10.3. The van der Waals surface area contributed by atoms with E-state index in [-0.39, 0.29) is 0 Å². The summed E-state index contributed by atoms with van der Waals surface area (Å²) in [5.41, 5.74) is 0.512. The van der Waals surface area contributed by atoms with E-state index >= 15 is 0 Å². The molecule has 0 saturated heterocycles. The molecule has 1 rings (SSSR count).